The van der Waals surface area contributed by atoms with Gasteiger partial charge in [0.15, 0.2) is 5.65 Å². The quantitative estimate of drug-likeness (QED) is 0.422. The zero-order valence-corrected chi connectivity index (χ0v) is 19.6. The van der Waals surface area contributed by atoms with E-state index in [-0.39, 0.29) is 15.5 Å². The maximum absolute atomic E-state index is 13.0. The molecule has 10 heteroatoms. The van der Waals surface area contributed by atoms with Crippen molar-refractivity contribution in [2.24, 2.45) is 0 Å². The number of carbonyl (C=O) groups excluding carboxylic acids is 1. The van der Waals surface area contributed by atoms with E-state index in [1.165, 1.54) is 22.6 Å². The number of sulfonamides is 1. The Morgan fingerprint density at radius 2 is 1.82 bits per heavy atom. The van der Waals surface area contributed by atoms with Gasteiger partial charge >= 0.3 is 0 Å². The molecule has 4 aromatic rings. The first kappa shape index (κ1) is 22.9. The summed E-state index contributed by atoms with van der Waals surface area (Å²) in [5, 5.41) is 7.17. The molecule has 8 nitrogen and oxygen atoms in total. The first-order valence-corrected chi connectivity index (χ1v) is 12.2. The average Bonchev–Trinajstić information content (AvgIpc) is 3.26. The van der Waals surface area contributed by atoms with Crippen LogP contribution in [0, 0.1) is 0 Å². The molecule has 0 bridgehead atoms. The zero-order valence-electron chi connectivity index (χ0n) is 18.1. The Balaban J connectivity index is 1.67. The highest BCUT2D eigenvalue weighted by Gasteiger charge is 2.25. The van der Waals surface area contributed by atoms with E-state index in [0.717, 1.165) is 11.3 Å². The van der Waals surface area contributed by atoms with Crippen molar-refractivity contribution < 1.29 is 13.2 Å². The molecule has 0 aliphatic rings. The lowest BCUT2D eigenvalue weighted by Crippen LogP contribution is -2.30. The van der Waals surface area contributed by atoms with Crippen LogP contribution < -0.4 is 5.32 Å². The molecular formula is C23H22ClN5O3S. The molecule has 2 aromatic carbocycles. The van der Waals surface area contributed by atoms with E-state index in [0.29, 0.717) is 24.4 Å². The van der Waals surface area contributed by atoms with Gasteiger partial charge in [-0.3, -0.25) is 4.79 Å². The van der Waals surface area contributed by atoms with Crippen molar-refractivity contribution in [2.45, 2.75) is 18.7 Å². The predicted octanol–water partition coefficient (Wildman–Crippen LogP) is 4.33. The molecule has 0 atom stereocenters. The number of hydrogen-bond acceptors (Lipinski definition) is 5. The van der Waals surface area contributed by atoms with Gasteiger partial charge in [0.2, 0.25) is 10.0 Å². The van der Waals surface area contributed by atoms with Crippen molar-refractivity contribution >= 4 is 38.9 Å². The normalized spacial score (nSPS) is 11.8. The van der Waals surface area contributed by atoms with Gasteiger partial charge in [0.25, 0.3) is 5.91 Å². The van der Waals surface area contributed by atoms with Gasteiger partial charge in [-0.25, -0.2) is 17.9 Å². The van der Waals surface area contributed by atoms with E-state index in [4.69, 9.17) is 11.6 Å². The first-order chi connectivity index (χ1) is 15.9. The topological polar surface area (TPSA) is 96.7 Å². The summed E-state index contributed by atoms with van der Waals surface area (Å²) in [5.74, 6) is -0.462. The first-order valence-electron chi connectivity index (χ1n) is 10.4. The van der Waals surface area contributed by atoms with Gasteiger partial charge in [-0.15, -0.1) is 0 Å². The predicted molar refractivity (Wildman–Crippen MR) is 128 cm³/mol. The second-order valence-corrected chi connectivity index (χ2v) is 9.49. The molecule has 0 unspecified atom stereocenters. The van der Waals surface area contributed by atoms with Crippen LogP contribution >= 0.6 is 11.6 Å². The Kier molecular flexibility index (Phi) is 6.46. The summed E-state index contributed by atoms with van der Waals surface area (Å²) in [6, 6.07) is 15.8. The fourth-order valence-electron chi connectivity index (χ4n) is 3.56. The number of fused-ring (bicyclic) bond motifs is 1. The molecule has 0 fully saturated rings. The number of anilines is 1. The number of nitrogens with zero attached hydrogens (tertiary/aromatic N) is 4. The van der Waals surface area contributed by atoms with Gasteiger partial charge in [0, 0.05) is 30.5 Å². The van der Waals surface area contributed by atoms with Gasteiger partial charge < -0.3 is 5.32 Å². The van der Waals surface area contributed by atoms with Crippen LogP contribution in [0.1, 0.15) is 24.2 Å². The van der Waals surface area contributed by atoms with E-state index < -0.39 is 15.9 Å². The summed E-state index contributed by atoms with van der Waals surface area (Å²) in [6.45, 7) is 4.12. The monoisotopic (exact) mass is 483 g/mol. The Hall–Kier alpha value is -3.27. The van der Waals surface area contributed by atoms with Gasteiger partial charge in [-0.05, 0) is 24.3 Å². The van der Waals surface area contributed by atoms with Crippen molar-refractivity contribution in [2.75, 3.05) is 18.4 Å². The molecule has 0 saturated carbocycles. The highest BCUT2D eigenvalue weighted by molar-refractivity contribution is 7.89. The second-order valence-electron chi connectivity index (χ2n) is 7.18. The van der Waals surface area contributed by atoms with E-state index >= 15 is 0 Å². The molecule has 1 N–H and O–H groups in total. The number of aromatic nitrogens is 3. The molecule has 0 saturated heterocycles. The fraction of sp³-hybridized carbons (Fsp3) is 0.174. The third-order valence-corrected chi connectivity index (χ3v) is 7.76. The fourth-order valence-corrected chi connectivity index (χ4v) is 5.52. The smallest absolute Gasteiger partial charge is 0.261 e. The van der Waals surface area contributed by atoms with Crippen LogP contribution in [-0.2, 0) is 10.0 Å². The van der Waals surface area contributed by atoms with Crippen molar-refractivity contribution in [3.05, 3.63) is 77.6 Å². The van der Waals surface area contributed by atoms with E-state index in [1.807, 2.05) is 36.4 Å². The summed E-state index contributed by atoms with van der Waals surface area (Å²) >= 11 is 6.19. The van der Waals surface area contributed by atoms with Crippen LogP contribution in [0.25, 0.3) is 16.9 Å². The van der Waals surface area contributed by atoms with Crippen LogP contribution in [0.15, 0.2) is 71.9 Å². The lowest BCUT2D eigenvalue weighted by molar-refractivity contribution is 0.102. The molecule has 0 aliphatic heterocycles. The number of rotatable bonds is 7. The summed E-state index contributed by atoms with van der Waals surface area (Å²) < 4.78 is 28.8. The third kappa shape index (κ3) is 4.35. The molecule has 33 heavy (non-hydrogen) atoms. The zero-order chi connectivity index (χ0) is 23.6. The molecule has 170 valence electrons. The van der Waals surface area contributed by atoms with Crippen molar-refractivity contribution in [3.8, 4) is 11.3 Å². The molecule has 1 amide bonds. The number of benzene rings is 2. The Bertz CT molecular complexity index is 1420. The summed E-state index contributed by atoms with van der Waals surface area (Å²) in [7, 11) is -3.79. The number of amides is 1. The minimum Gasteiger partial charge on any atom is -0.322 e. The highest BCUT2D eigenvalue weighted by Crippen LogP contribution is 2.28. The molecule has 0 aliphatic carbocycles. The number of nitrogens with one attached hydrogen (secondary N) is 1. The molecule has 2 aromatic heterocycles. The number of carbonyl (C=O) groups is 1. The maximum Gasteiger partial charge on any atom is 0.261 e. The van der Waals surface area contributed by atoms with E-state index in [2.05, 4.69) is 15.4 Å². The van der Waals surface area contributed by atoms with Crippen molar-refractivity contribution in [3.63, 3.8) is 0 Å². The SMILES string of the molecule is CCN(CC)S(=O)(=O)c1cc(NC(=O)c2cnn3c(-c4ccccc4)ccnc23)ccc1Cl. The second kappa shape index (κ2) is 9.30. The Labute approximate surface area is 196 Å². The number of hydrogen-bond donors (Lipinski definition) is 1. The van der Waals surface area contributed by atoms with E-state index in [9.17, 15) is 13.2 Å². The van der Waals surface area contributed by atoms with Gasteiger partial charge in [-0.1, -0.05) is 55.8 Å². The highest BCUT2D eigenvalue weighted by atomic mass is 35.5. The largest absolute Gasteiger partial charge is 0.322 e. The van der Waals surface area contributed by atoms with Crippen LogP contribution in [-0.4, -0.2) is 46.3 Å². The number of halogens is 1. The molecule has 0 radical (unpaired) electrons. The minimum absolute atomic E-state index is 0.0602. The maximum atomic E-state index is 13.0. The van der Waals surface area contributed by atoms with Gasteiger partial charge in [0.1, 0.15) is 10.5 Å². The van der Waals surface area contributed by atoms with Crippen molar-refractivity contribution in [1.82, 2.24) is 18.9 Å². The lowest BCUT2D eigenvalue weighted by Gasteiger charge is -2.19. The van der Waals surface area contributed by atoms with Crippen LogP contribution in [0.5, 0.6) is 0 Å². The molecule has 4 rings (SSSR count). The summed E-state index contributed by atoms with van der Waals surface area (Å²) in [4.78, 5) is 17.3. The molecule has 2 heterocycles. The van der Waals surface area contributed by atoms with Crippen molar-refractivity contribution in [1.29, 1.82) is 0 Å². The Morgan fingerprint density at radius 3 is 2.52 bits per heavy atom. The van der Waals surface area contributed by atoms with E-state index in [1.54, 1.807) is 30.6 Å². The lowest BCUT2D eigenvalue weighted by atomic mass is 10.1. The van der Waals surface area contributed by atoms with Gasteiger partial charge in [0.05, 0.1) is 16.9 Å². The third-order valence-electron chi connectivity index (χ3n) is 5.23. The molecule has 0 spiro atoms. The van der Waals surface area contributed by atoms with Crippen LogP contribution in [0.3, 0.4) is 0 Å². The Morgan fingerprint density at radius 1 is 1.09 bits per heavy atom. The minimum atomic E-state index is -3.79. The molecular weight excluding hydrogens is 462 g/mol. The van der Waals surface area contributed by atoms with Gasteiger partial charge in [-0.2, -0.15) is 9.40 Å². The summed E-state index contributed by atoms with van der Waals surface area (Å²) in [5.41, 5.74) is 2.67. The summed E-state index contributed by atoms with van der Waals surface area (Å²) in [6.07, 6.45) is 3.06. The van der Waals surface area contributed by atoms with Crippen LogP contribution in [0.2, 0.25) is 5.02 Å². The standard InChI is InChI=1S/C23H22ClN5O3S/c1-3-28(4-2)33(31,32)21-14-17(10-11-19(21)24)27-23(30)18-15-26-29-20(12-13-25-22(18)29)16-8-6-5-7-9-16/h5-15H,3-4H2,1-2H3,(H,27,30). The average molecular weight is 484 g/mol. The van der Waals surface area contributed by atoms with Crippen LogP contribution in [0.4, 0.5) is 5.69 Å².